The van der Waals surface area contributed by atoms with Gasteiger partial charge < -0.3 is 0 Å². The van der Waals surface area contributed by atoms with E-state index in [1.807, 2.05) is 37.1 Å². The van der Waals surface area contributed by atoms with Gasteiger partial charge in [-0.25, -0.2) is 4.99 Å². The Morgan fingerprint density at radius 2 is 1.44 bits per heavy atom. The number of allylic oxidation sites excluding steroid dienone is 3. The van der Waals surface area contributed by atoms with E-state index >= 15 is 0 Å². The molecule has 0 aromatic heterocycles. The minimum Gasteiger partial charge on any atom is -0.286 e. The summed E-state index contributed by atoms with van der Waals surface area (Å²) in [5, 5.41) is 13.8. The van der Waals surface area contributed by atoms with E-state index in [0.29, 0.717) is 0 Å². The van der Waals surface area contributed by atoms with Crippen LogP contribution in [0.4, 0.5) is 11.4 Å². The normalized spacial score (nSPS) is 16.0. The predicted molar refractivity (Wildman–Crippen MR) is 180 cm³/mol. The summed E-state index contributed by atoms with van der Waals surface area (Å²) in [6.45, 7) is 6.60. The highest BCUT2D eigenvalue weighted by Gasteiger charge is 2.17. The Hall–Kier alpha value is -4.42. The fourth-order valence-corrected chi connectivity index (χ4v) is 4.68. The topological polar surface area (TPSA) is 55.6 Å². The van der Waals surface area contributed by atoms with E-state index in [4.69, 9.17) is 0 Å². The van der Waals surface area contributed by atoms with Gasteiger partial charge in [0.15, 0.2) is 5.84 Å². The van der Waals surface area contributed by atoms with Crippen molar-refractivity contribution in [1.29, 1.82) is 0 Å². The minimum absolute atomic E-state index is 0. The molecule has 4 aromatic carbocycles. The van der Waals surface area contributed by atoms with Crippen LogP contribution in [0.15, 0.2) is 124 Å². The van der Waals surface area contributed by atoms with E-state index in [1.54, 1.807) is 6.21 Å². The number of hydrazine groups is 1. The molecule has 0 saturated carbocycles. The van der Waals surface area contributed by atoms with Crippen molar-refractivity contribution in [1.82, 2.24) is 5.43 Å². The van der Waals surface area contributed by atoms with Gasteiger partial charge in [-0.2, -0.15) is 5.10 Å². The van der Waals surface area contributed by atoms with Crippen molar-refractivity contribution in [2.75, 3.05) is 29.7 Å². The molecule has 210 valence electrons. The lowest BCUT2D eigenvalue weighted by Gasteiger charge is -2.18. The maximum Gasteiger partial charge on any atom is 0.150 e. The predicted octanol–water partition coefficient (Wildman–Crippen LogP) is 7.96. The Morgan fingerprint density at radius 3 is 2.12 bits per heavy atom. The molecule has 0 radical (unpaired) electrons. The van der Waals surface area contributed by atoms with Crippen molar-refractivity contribution >= 4 is 63.2 Å². The number of fused-ring (bicyclic) bond motifs is 2. The number of amidine groups is 2. The van der Waals surface area contributed by atoms with Crippen LogP contribution >= 0.6 is 12.4 Å². The van der Waals surface area contributed by atoms with Gasteiger partial charge in [-0.1, -0.05) is 78.9 Å². The molecule has 0 atom stereocenters. The first-order valence-electron chi connectivity index (χ1n) is 13.9. The zero-order valence-corrected chi connectivity index (χ0v) is 24.5. The van der Waals surface area contributed by atoms with Gasteiger partial charge in [0.2, 0.25) is 0 Å². The first-order chi connectivity index (χ1) is 19.7. The minimum atomic E-state index is 0. The van der Waals surface area contributed by atoms with Crippen LogP contribution < -0.4 is 15.4 Å². The third kappa shape index (κ3) is 7.83. The van der Waals surface area contributed by atoms with Crippen LogP contribution in [0.5, 0.6) is 0 Å². The molecule has 0 bridgehead atoms. The molecule has 1 N–H and O–H groups in total. The number of nitrogens with zero attached hydrogens (tertiary/aromatic N) is 5. The average Bonchev–Trinajstić information content (AvgIpc) is 3.68. The summed E-state index contributed by atoms with van der Waals surface area (Å²) in [5.74, 6) is 1.95. The summed E-state index contributed by atoms with van der Waals surface area (Å²) in [6, 6.07) is 29.8. The van der Waals surface area contributed by atoms with Crippen molar-refractivity contribution in [3.8, 4) is 0 Å². The fourth-order valence-electron chi connectivity index (χ4n) is 4.68. The Bertz CT molecular complexity index is 1600. The van der Waals surface area contributed by atoms with Crippen LogP contribution in [0.1, 0.15) is 26.7 Å². The van der Waals surface area contributed by atoms with Gasteiger partial charge in [-0.15, -0.1) is 12.4 Å². The number of nitrogens with one attached hydrogen (secondary N) is 1. The number of anilines is 2. The lowest BCUT2D eigenvalue weighted by molar-refractivity contribution is 0.858. The summed E-state index contributed by atoms with van der Waals surface area (Å²) in [5.41, 5.74) is 5.70. The van der Waals surface area contributed by atoms with Gasteiger partial charge in [-0.05, 0) is 65.7 Å². The average molecular weight is 565 g/mol. The largest absolute Gasteiger partial charge is 0.286 e. The van der Waals surface area contributed by atoms with Gasteiger partial charge in [-0.3, -0.25) is 20.4 Å². The highest BCUT2D eigenvalue weighted by Crippen LogP contribution is 2.25. The third-order valence-electron chi connectivity index (χ3n) is 6.82. The molecular formula is C34H37ClN6. The highest BCUT2D eigenvalue weighted by atomic mass is 35.5. The standard InChI is InChI=1S/C17H19N3.C17H17N3.ClH/c2*1-2-3-11-18-17-10-12-20(19-17)16-9-8-14-6-4-5-7-15(14)13-16;/h2-9,13H,10-12H2,1H3,(H,18,19);2-9,11,13H,10,12H2,1H3;1H. The molecule has 0 amide bonds. The molecule has 2 heterocycles. The maximum atomic E-state index is 4.56. The molecule has 2 aliphatic rings. The monoisotopic (exact) mass is 564 g/mol. The number of aliphatic imine (C=N–C) groups is 2. The van der Waals surface area contributed by atoms with Gasteiger partial charge in [0.05, 0.1) is 17.9 Å². The zero-order chi connectivity index (χ0) is 27.6. The highest BCUT2D eigenvalue weighted by molar-refractivity contribution is 5.95. The van der Waals surface area contributed by atoms with Crippen molar-refractivity contribution in [3.63, 3.8) is 0 Å². The molecule has 6 rings (SSSR count). The first kappa shape index (κ1) is 29.6. The number of halogens is 1. The molecule has 7 heteroatoms. The Kier molecular flexibility index (Phi) is 10.7. The van der Waals surface area contributed by atoms with Gasteiger partial charge >= 0.3 is 0 Å². The molecule has 0 unspecified atom stereocenters. The number of hydrazone groups is 1. The Balaban J connectivity index is 0.000000184. The maximum absolute atomic E-state index is 4.56. The van der Waals surface area contributed by atoms with E-state index in [1.165, 1.54) is 27.2 Å². The van der Waals surface area contributed by atoms with Gasteiger partial charge in [0, 0.05) is 32.1 Å². The second kappa shape index (κ2) is 14.8. The van der Waals surface area contributed by atoms with Crippen molar-refractivity contribution in [3.05, 3.63) is 109 Å². The third-order valence-corrected chi connectivity index (χ3v) is 6.82. The zero-order valence-electron chi connectivity index (χ0n) is 23.6. The Morgan fingerprint density at radius 1 is 0.780 bits per heavy atom. The fraction of sp³-hybridized carbons (Fsp3) is 0.206. The molecule has 1 saturated heterocycles. The second-order valence-corrected chi connectivity index (χ2v) is 9.63. The van der Waals surface area contributed by atoms with Crippen molar-refractivity contribution in [2.24, 2.45) is 15.1 Å². The van der Waals surface area contributed by atoms with Crippen LogP contribution in [-0.4, -0.2) is 37.5 Å². The van der Waals surface area contributed by atoms with Gasteiger partial charge in [0.1, 0.15) is 5.84 Å². The molecular weight excluding hydrogens is 528 g/mol. The quantitative estimate of drug-likeness (QED) is 0.197. The molecule has 0 spiro atoms. The molecule has 1 fully saturated rings. The first-order valence-corrected chi connectivity index (χ1v) is 13.9. The number of benzene rings is 4. The van der Waals surface area contributed by atoms with Crippen molar-refractivity contribution in [2.45, 2.75) is 26.7 Å². The van der Waals surface area contributed by atoms with E-state index in [0.717, 1.165) is 49.8 Å². The molecule has 0 aliphatic carbocycles. The number of rotatable bonds is 5. The van der Waals surface area contributed by atoms with Crippen LogP contribution in [0.2, 0.25) is 0 Å². The summed E-state index contributed by atoms with van der Waals surface area (Å²) in [6.07, 6.45) is 11.6. The molecule has 41 heavy (non-hydrogen) atoms. The van der Waals surface area contributed by atoms with Crippen LogP contribution in [-0.2, 0) is 0 Å². The lowest BCUT2D eigenvalue weighted by atomic mass is 10.1. The second-order valence-electron chi connectivity index (χ2n) is 9.63. The van der Waals surface area contributed by atoms with Crippen LogP contribution in [0.25, 0.3) is 21.5 Å². The number of hydrogen-bond acceptors (Lipinski definition) is 5. The van der Waals surface area contributed by atoms with E-state index in [-0.39, 0.29) is 12.4 Å². The van der Waals surface area contributed by atoms with Gasteiger partial charge in [0.25, 0.3) is 0 Å². The SMILES string of the molecule is CC=CC=NC1=NN(c2ccc3ccccc3c2)CC1.CC=CCN=C1CCN(c2ccc3ccccc3c2)N1.Cl. The summed E-state index contributed by atoms with van der Waals surface area (Å²) in [4.78, 5) is 8.88. The molecule has 6 nitrogen and oxygen atoms in total. The van der Waals surface area contributed by atoms with E-state index < -0.39 is 0 Å². The number of hydrogen-bond donors (Lipinski definition) is 1. The van der Waals surface area contributed by atoms with E-state index in [9.17, 15) is 0 Å². The summed E-state index contributed by atoms with van der Waals surface area (Å²) < 4.78 is 0. The Labute approximate surface area is 248 Å². The summed E-state index contributed by atoms with van der Waals surface area (Å²) in [7, 11) is 0. The van der Waals surface area contributed by atoms with Crippen molar-refractivity contribution < 1.29 is 0 Å². The lowest BCUT2D eigenvalue weighted by Crippen LogP contribution is -2.33. The smallest absolute Gasteiger partial charge is 0.150 e. The summed E-state index contributed by atoms with van der Waals surface area (Å²) >= 11 is 0. The van der Waals surface area contributed by atoms with Crippen LogP contribution in [0.3, 0.4) is 0 Å². The van der Waals surface area contributed by atoms with Crippen LogP contribution in [0, 0.1) is 0 Å². The van der Waals surface area contributed by atoms with E-state index in [2.05, 4.69) is 117 Å². The molecule has 2 aliphatic heterocycles. The molecule has 4 aromatic rings.